The zero-order chi connectivity index (χ0) is 47.3. The van der Waals surface area contributed by atoms with Crippen LogP contribution in [0.3, 0.4) is 0 Å². The number of hydrogen-bond donors (Lipinski definition) is 0. The Balaban J connectivity index is 0.000000345. The van der Waals surface area contributed by atoms with E-state index in [-0.39, 0.29) is 5.78 Å². The molecular weight excluding hydrogens is 903 g/mol. The maximum atomic E-state index is 15.4. The third kappa shape index (κ3) is 7.53. The lowest BCUT2D eigenvalue weighted by atomic mass is 9.12. The number of carbonyl (C=O) groups excluding carboxylic acids is 1. The van der Waals surface area contributed by atoms with Crippen molar-refractivity contribution in [3.8, 4) is 0 Å². The molecular formula is C39H15BF20N2O. The molecule has 0 radical (unpaired) electrons. The van der Waals surface area contributed by atoms with Crippen LogP contribution in [0.2, 0.25) is 0 Å². The van der Waals surface area contributed by atoms with Gasteiger partial charge in [-0.05, 0) is 6.92 Å². The van der Waals surface area contributed by atoms with E-state index < -0.39 is 144 Å². The average Bonchev–Trinajstić information content (AvgIpc) is 3.26. The van der Waals surface area contributed by atoms with Crippen molar-refractivity contribution in [2.45, 2.75) is 13.5 Å². The molecule has 0 spiro atoms. The van der Waals surface area contributed by atoms with Gasteiger partial charge < -0.3 is 0 Å². The van der Waals surface area contributed by atoms with Crippen molar-refractivity contribution in [1.29, 1.82) is 0 Å². The molecule has 0 saturated carbocycles. The smallest absolute Gasteiger partial charge is 0.227 e. The fraction of sp³-hybridized carbons (Fsp3) is 0.0513. The third-order valence-corrected chi connectivity index (χ3v) is 9.39. The van der Waals surface area contributed by atoms with Crippen molar-refractivity contribution in [2.75, 3.05) is 0 Å². The van der Waals surface area contributed by atoms with Crippen LogP contribution in [0.25, 0.3) is 5.57 Å². The summed E-state index contributed by atoms with van der Waals surface area (Å²) in [6, 6.07) is 9.28. The summed E-state index contributed by atoms with van der Waals surface area (Å²) in [7, 11) is 0. The molecule has 0 amide bonds. The summed E-state index contributed by atoms with van der Waals surface area (Å²) >= 11 is 0. The Kier molecular flexibility index (Phi) is 13.2. The van der Waals surface area contributed by atoms with E-state index >= 15 is 35.1 Å². The molecule has 5 aromatic carbocycles. The van der Waals surface area contributed by atoms with E-state index in [1.807, 2.05) is 41.8 Å². The highest BCUT2D eigenvalue weighted by Crippen LogP contribution is 2.30. The van der Waals surface area contributed by atoms with Gasteiger partial charge in [0.25, 0.3) is 0 Å². The number of carbonyl (C=O) groups is 1. The summed E-state index contributed by atoms with van der Waals surface area (Å²) in [5.74, 6) is -71.3. The minimum atomic E-state index is -7.22. The predicted molar refractivity (Wildman–Crippen MR) is 179 cm³/mol. The molecule has 24 heteroatoms. The van der Waals surface area contributed by atoms with Crippen LogP contribution in [0.5, 0.6) is 0 Å². The van der Waals surface area contributed by atoms with Gasteiger partial charge in [-0.1, -0.05) is 36.9 Å². The van der Waals surface area contributed by atoms with Gasteiger partial charge in [-0.15, -0.1) is 21.9 Å². The first-order chi connectivity index (χ1) is 29.4. The molecule has 1 heterocycles. The minimum absolute atomic E-state index is 0.0781. The normalized spacial score (nSPS) is 11.4. The Morgan fingerprint density at radius 3 is 1.02 bits per heavy atom. The van der Waals surface area contributed by atoms with Gasteiger partial charge in [-0.25, -0.2) is 87.8 Å². The highest BCUT2D eigenvalue weighted by atomic mass is 19.2. The summed E-state index contributed by atoms with van der Waals surface area (Å²) in [6.07, 6.45) is -2.03. The van der Waals surface area contributed by atoms with Crippen molar-refractivity contribution < 1.29 is 97.2 Å². The molecule has 0 N–H and O–H groups in total. The van der Waals surface area contributed by atoms with Gasteiger partial charge in [0.1, 0.15) is 52.7 Å². The average molecular weight is 918 g/mol. The molecule has 6 rings (SSSR count). The molecule has 0 saturated heterocycles. The van der Waals surface area contributed by atoms with E-state index in [4.69, 9.17) is 0 Å². The van der Waals surface area contributed by atoms with E-state index in [2.05, 4.69) is 11.6 Å². The number of nitrogens with zero attached hydrogens (tertiary/aromatic N) is 2. The second-order valence-corrected chi connectivity index (χ2v) is 13.0. The van der Waals surface area contributed by atoms with Crippen molar-refractivity contribution in [2.24, 2.45) is 0 Å². The quantitative estimate of drug-likeness (QED) is 0.0387. The maximum Gasteiger partial charge on any atom is 0.227 e. The van der Waals surface area contributed by atoms with Crippen molar-refractivity contribution in [3.05, 3.63) is 183 Å². The molecule has 1 aromatic heterocycles. The van der Waals surface area contributed by atoms with Crippen LogP contribution in [0.15, 0.2) is 55.5 Å². The van der Waals surface area contributed by atoms with E-state index in [9.17, 15) is 57.5 Å². The number of Topliss-reactive ketones (excluding diaryl/α,β-unsaturated/α-hetero) is 1. The van der Waals surface area contributed by atoms with Crippen LogP contribution in [0, 0.1) is 116 Å². The molecule has 330 valence electrons. The lowest BCUT2D eigenvalue weighted by Gasteiger charge is -2.44. The van der Waals surface area contributed by atoms with E-state index in [0.717, 1.165) is 16.8 Å². The molecule has 0 bridgehead atoms. The Morgan fingerprint density at radius 2 is 0.746 bits per heavy atom. The predicted octanol–water partition coefficient (Wildman–Crippen LogP) is 8.13. The first-order valence-electron chi connectivity index (χ1n) is 16.7. The Morgan fingerprint density at radius 1 is 0.476 bits per heavy atom. The molecule has 6 aromatic rings. The first-order valence-corrected chi connectivity index (χ1v) is 16.7. The first kappa shape index (κ1) is 47.3. The Labute approximate surface area is 338 Å². The highest BCUT2D eigenvalue weighted by Gasteiger charge is 2.52. The van der Waals surface area contributed by atoms with Crippen molar-refractivity contribution in [1.82, 2.24) is 4.98 Å². The van der Waals surface area contributed by atoms with Crippen LogP contribution in [0.4, 0.5) is 87.8 Å². The van der Waals surface area contributed by atoms with E-state index in [1.165, 1.54) is 0 Å². The highest BCUT2D eigenvalue weighted by molar-refractivity contribution is 7.20. The summed E-state index contributed by atoms with van der Waals surface area (Å²) in [6.45, 7) is 6.10. The van der Waals surface area contributed by atoms with Gasteiger partial charge in [-0.2, -0.15) is 4.57 Å². The van der Waals surface area contributed by atoms with Crippen LogP contribution >= 0.6 is 0 Å². The molecule has 3 nitrogen and oxygen atoms in total. The molecule has 0 unspecified atom stereocenters. The second kappa shape index (κ2) is 17.6. The van der Waals surface area contributed by atoms with Gasteiger partial charge in [0.05, 0.1) is 12.4 Å². The number of aromatic nitrogens is 2. The monoisotopic (exact) mass is 918 g/mol. The zero-order valence-corrected chi connectivity index (χ0v) is 30.5. The lowest BCUT2D eigenvalue weighted by Crippen LogP contribution is -2.81. The number of rotatable bonds is 8. The molecule has 0 fully saturated rings. The van der Waals surface area contributed by atoms with Crippen LogP contribution in [-0.2, 0) is 6.54 Å². The number of halogens is 20. The largest absolute Gasteiger partial charge is 0.287 e. The number of allylic oxidation sites excluding steroid dienone is 1. The van der Waals surface area contributed by atoms with Gasteiger partial charge in [0.15, 0.2) is 76.0 Å². The van der Waals surface area contributed by atoms with Gasteiger partial charge in [0, 0.05) is 11.1 Å². The summed E-state index contributed by atoms with van der Waals surface area (Å²) < 4.78 is 296. The topological polar surface area (TPSA) is 33.8 Å². The Bertz CT molecular complexity index is 2490. The standard InChI is InChI=1S/C24BF20.C15H15N2O/c26-5-1(6(27)14(35)21(42)13(5)34)25(2-7(28)15(36)22(43)16(37)8(2)29,3-9(30)17(38)23(44)18(39)10(3)31)4-11(32)19(40)24(45)20(41)12(4)33;1-12(2)14-10-16-8-9-17(14)11-15(18)13-6-4-3-5-7-13/h;3-10H,1,11H2,2H3/q-1;+1. The Hall–Kier alpha value is -6.75. The summed E-state index contributed by atoms with van der Waals surface area (Å²) in [5, 5.41) is 0. The molecule has 0 atom stereocenters. The zero-order valence-electron chi connectivity index (χ0n) is 30.5. The van der Waals surface area contributed by atoms with Gasteiger partial charge in [0.2, 0.25) is 18.0 Å². The number of benzene rings is 5. The third-order valence-electron chi connectivity index (χ3n) is 9.39. The molecule has 0 aliphatic heterocycles. The lowest BCUT2D eigenvalue weighted by molar-refractivity contribution is -0.685. The van der Waals surface area contributed by atoms with E-state index in [0.29, 0.717) is 6.54 Å². The van der Waals surface area contributed by atoms with Crippen LogP contribution in [0.1, 0.15) is 23.0 Å². The fourth-order valence-corrected chi connectivity index (χ4v) is 6.62. The summed E-state index contributed by atoms with van der Waals surface area (Å²) in [4.78, 5) is 16.2. The second-order valence-electron chi connectivity index (χ2n) is 13.0. The van der Waals surface area contributed by atoms with Gasteiger partial charge >= 0.3 is 0 Å². The van der Waals surface area contributed by atoms with Gasteiger partial charge in [-0.3, -0.25) is 9.78 Å². The molecule has 0 aliphatic rings. The maximum absolute atomic E-state index is 15.4. The number of hydrogen-bond acceptors (Lipinski definition) is 2. The summed E-state index contributed by atoms with van der Waals surface area (Å²) in [5.41, 5.74) is -11.8. The van der Waals surface area contributed by atoms with E-state index in [1.54, 1.807) is 18.6 Å². The fourth-order valence-electron chi connectivity index (χ4n) is 6.62. The number of ketones is 1. The van der Waals surface area contributed by atoms with Crippen LogP contribution in [-0.4, -0.2) is 16.9 Å². The molecule has 63 heavy (non-hydrogen) atoms. The molecule has 0 aliphatic carbocycles. The SMILES string of the molecule is C=C(C)c1cncc[n+]1CC(=O)c1ccccc1.Fc1c(F)c(F)c([B-](c2c(F)c(F)c(F)c(F)c2F)(c2c(F)c(F)c(F)c(F)c2F)c2c(F)c(F)c(F)c(F)c2F)c(F)c1F. The minimum Gasteiger partial charge on any atom is -0.287 e. The van der Waals surface area contributed by atoms with Crippen molar-refractivity contribution in [3.63, 3.8) is 0 Å². The van der Waals surface area contributed by atoms with Crippen LogP contribution < -0.4 is 26.4 Å². The van der Waals surface area contributed by atoms with Crippen molar-refractivity contribution >= 4 is 39.4 Å².